The Bertz CT molecular complexity index is 517. The number of nitrogens with zero attached hydrogens (tertiary/aromatic N) is 1. The van der Waals surface area contributed by atoms with Crippen LogP contribution in [0.2, 0.25) is 0 Å². The van der Waals surface area contributed by atoms with E-state index in [1.54, 1.807) is 18.2 Å². The van der Waals surface area contributed by atoms with Crippen molar-refractivity contribution in [2.45, 2.75) is 9.79 Å². The molecule has 0 atom stereocenters. The van der Waals surface area contributed by atoms with Gasteiger partial charge in [0.1, 0.15) is 0 Å². The molecule has 0 aromatic heterocycles. The smallest absolute Gasteiger partial charge is 0.258 e. The summed E-state index contributed by atoms with van der Waals surface area (Å²) in [6.07, 6.45) is 0. The summed E-state index contributed by atoms with van der Waals surface area (Å²) in [6.45, 7) is 0. The van der Waals surface area contributed by atoms with Gasteiger partial charge in [-0.1, -0.05) is 41.1 Å². The molecule has 0 bridgehead atoms. The van der Waals surface area contributed by atoms with E-state index in [0.29, 0.717) is 4.90 Å². The van der Waals surface area contributed by atoms with Gasteiger partial charge in [-0.05, 0) is 29.0 Å². The first-order valence-electron chi connectivity index (χ1n) is 4.90. The topological polar surface area (TPSA) is 43.1 Å². The fourth-order valence-electron chi connectivity index (χ4n) is 1.25. The van der Waals surface area contributed by atoms with Crippen molar-refractivity contribution in [2.24, 2.45) is 0 Å². The van der Waals surface area contributed by atoms with Crippen LogP contribution in [0.4, 0.5) is 5.69 Å². The largest absolute Gasteiger partial charge is 0.283 e. The lowest BCUT2D eigenvalue weighted by molar-refractivity contribution is -0.387. The maximum absolute atomic E-state index is 10.8. The normalized spacial score (nSPS) is 10.1. The second-order valence-corrected chi connectivity index (χ2v) is 5.45. The Labute approximate surface area is 107 Å². The van der Waals surface area contributed by atoms with Crippen molar-refractivity contribution in [1.29, 1.82) is 0 Å². The van der Waals surface area contributed by atoms with Crippen molar-refractivity contribution in [2.75, 3.05) is 0 Å². The van der Waals surface area contributed by atoms with E-state index in [1.165, 1.54) is 27.7 Å². The first-order chi connectivity index (χ1) is 8.27. The Hall–Kier alpha value is -1.46. The highest BCUT2D eigenvalue weighted by atomic mass is 33.1. The monoisotopic (exact) mass is 263 g/mol. The van der Waals surface area contributed by atoms with Gasteiger partial charge >= 0.3 is 0 Å². The van der Waals surface area contributed by atoms with Crippen LogP contribution < -0.4 is 0 Å². The first-order valence-corrected chi connectivity index (χ1v) is 7.05. The molecule has 0 saturated heterocycles. The summed E-state index contributed by atoms with van der Waals surface area (Å²) in [4.78, 5) is 12.2. The lowest BCUT2D eigenvalue weighted by Crippen LogP contribution is -1.88. The lowest BCUT2D eigenvalue weighted by atomic mass is 10.3. The van der Waals surface area contributed by atoms with Crippen LogP contribution in [-0.2, 0) is 0 Å². The first kappa shape index (κ1) is 12.0. The molecule has 86 valence electrons. The van der Waals surface area contributed by atoms with Gasteiger partial charge in [0.15, 0.2) is 0 Å². The zero-order valence-corrected chi connectivity index (χ0v) is 10.4. The second kappa shape index (κ2) is 5.75. The van der Waals surface area contributed by atoms with E-state index in [0.717, 1.165) is 4.90 Å². The average Bonchev–Trinajstić information content (AvgIpc) is 2.38. The average molecular weight is 263 g/mol. The van der Waals surface area contributed by atoms with Crippen molar-refractivity contribution in [1.82, 2.24) is 0 Å². The van der Waals surface area contributed by atoms with Gasteiger partial charge in [0.25, 0.3) is 5.69 Å². The van der Waals surface area contributed by atoms with Crippen LogP contribution in [0, 0.1) is 10.1 Å². The van der Waals surface area contributed by atoms with Crippen LogP contribution in [0.15, 0.2) is 64.4 Å². The molecule has 2 aromatic rings. The van der Waals surface area contributed by atoms with Gasteiger partial charge in [-0.15, -0.1) is 0 Å². The lowest BCUT2D eigenvalue weighted by Gasteiger charge is -2.01. The van der Waals surface area contributed by atoms with Crippen LogP contribution in [0.1, 0.15) is 0 Å². The van der Waals surface area contributed by atoms with Gasteiger partial charge in [-0.25, -0.2) is 0 Å². The van der Waals surface area contributed by atoms with Crippen LogP contribution in [0.3, 0.4) is 0 Å². The minimum Gasteiger partial charge on any atom is -0.258 e. The van der Waals surface area contributed by atoms with E-state index >= 15 is 0 Å². The summed E-state index contributed by atoms with van der Waals surface area (Å²) in [5.41, 5.74) is 0.154. The van der Waals surface area contributed by atoms with Gasteiger partial charge in [-0.3, -0.25) is 10.1 Å². The molecule has 0 aliphatic rings. The molecule has 0 unspecified atom stereocenters. The third kappa shape index (κ3) is 3.25. The minimum absolute atomic E-state index is 0.154. The van der Waals surface area contributed by atoms with Crippen molar-refractivity contribution in [3.63, 3.8) is 0 Å². The molecule has 2 aromatic carbocycles. The van der Waals surface area contributed by atoms with Gasteiger partial charge in [-0.2, -0.15) is 0 Å². The molecule has 0 aliphatic heterocycles. The number of nitro benzene ring substituents is 1. The van der Waals surface area contributed by atoms with Crippen molar-refractivity contribution >= 4 is 27.3 Å². The highest BCUT2D eigenvalue weighted by Crippen LogP contribution is 2.41. The highest BCUT2D eigenvalue weighted by Gasteiger charge is 2.12. The summed E-state index contributed by atoms with van der Waals surface area (Å²) in [6, 6.07) is 16.6. The summed E-state index contributed by atoms with van der Waals surface area (Å²) < 4.78 is 0. The molecule has 0 heterocycles. The van der Waals surface area contributed by atoms with Crippen LogP contribution >= 0.6 is 21.6 Å². The standard InChI is InChI=1S/C12H9NO2S2/c14-13(15)11-8-4-5-9-12(11)17-16-10-6-2-1-3-7-10/h1-9H. The van der Waals surface area contributed by atoms with Gasteiger partial charge < -0.3 is 0 Å². The number of rotatable bonds is 4. The molecule has 0 radical (unpaired) electrons. The van der Waals surface area contributed by atoms with Crippen LogP contribution in [-0.4, -0.2) is 4.92 Å². The van der Waals surface area contributed by atoms with E-state index in [2.05, 4.69) is 0 Å². The maximum atomic E-state index is 10.8. The van der Waals surface area contributed by atoms with Gasteiger partial charge in [0.05, 0.1) is 9.82 Å². The molecule has 0 fully saturated rings. The fraction of sp³-hybridized carbons (Fsp3) is 0. The van der Waals surface area contributed by atoms with Crippen molar-refractivity contribution < 1.29 is 4.92 Å². The zero-order chi connectivity index (χ0) is 12.1. The van der Waals surface area contributed by atoms with Gasteiger partial charge in [0.2, 0.25) is 0 Å². The summed E-state index contributed by atoms with van der Waals surface area (Å²) in [5, 5.41) is 10.8. The van der Waals surface area contributed by atoms with Crippen molar-refractivity contribution in [3.05, 3.63) is 64.7 Å². The third-order valence-electron chi connectivity index (χ3n) is 2.03. The Morgan fingerprint density at radius 2 is 1.53 bits per heavy atom. The predicted molar refractivity (Wildman–Crippen MR) is 71.3 cm³/mol. The Kier molecular flexibility index (Phi) is 4.06. The van der Waals surface area contributed by atoms with E-state index < -0.39 is 0 Å². The quantitative estimate of drug-likeness (QED) is 0.466. The Morgan fingerprint density at radius 3 is 2.24 bits per heavy atom. The molecule has 0 saturated carbocycles. The number of benzene rings is 2. The van der Waals surface area contributed by atoms with Crippen LogP contribution in [0.5, 0.6) is 0 Å². The van der Waals surface area contributed by atoms with E-state index in [9.17, 15) is 10.1 Å². The molecule has 0 aliphatic carbocycles. The molecule has 0 spiro atoms. The summed E-state index contributed by atoms with van der Waals surface area (Å²) >= 11 is 0. The molecule has 0 amide bonds. The number of hydrogen-bond donors (Lipinski definition) is 0. The van der Waals surface area contributed by atoms with E-state index in [1.807, 2.05) is 30.3 Å². The third-order valence-corrected chi connectivity index (χ3v) is 4.47. The Morgan fingerprint density at radius 1 is 0.882 bits per heavy atom. The molecule has 2 rings (SSSR count). The second-order valence-electron chi connectivity index (χ2n) is 3.20. The fourth-order valence-corrected chi connectivity index (χ4v) is 3.38. The summed E-state index contributed by atoms with van der Waals surface area (Å²) in [5.74, 6) is 0. The SMILES string of the molecule is O=[N+]([O-])c1ccccc1SSc1ccccc1. The predicted octanol–water partition coefficient (Wildman–Crippen LogP) is 4.39. The molecule has 17 heavy (non-hydrogen) atoms. The molecular formula is C12H9NO2S2. The maximum Gasteiger partial charge on any atom is 0.283 e. The van der Waals surface area contributed by atoms with Crippen molar-refractivity contribution in [3.8, 4) is 0 Å². The van der Waals surface area contributed by atoms with Gasteiger partial charge in [0, 0.05) is 11.0 Å². The minimum atomic E-state index is -0.353. The highest BCUT2D eigenvalue weighted by molar-refractivity contribution is 8.76. The zero-order valence-electron chi connectivity index (χ0n) is 8.78. The number of para-hydroxylation sites is 1. The molecule has 3 nitrogen and oxygen atoms in total. The summed E-state index contributed by atoms with van der Waals surface area (Å²) in [7, 11) is 2.92. The molecule has 0 N–H and O–H groups in total. The molecule has 5 heteroatoms. The number of hydrogen-bond acceptors (Lipinski definition) is 4. The van der Waals surface area contributed by atoms with Crippen LogP contribution in [0.25, 0.3) is 0 Å². The van der Waals surface area contributed by atoms with E-state index in [-0.39, 0.29) is 10.6 Å². The molecular weight excluding hydrogens is 254 g/mol. The Balaban J connectivity index is 2.12. The van der Waals surface area contributed by atoms with E-state index in [4.69, 9.17) is 0 Å². The number of nitro groups is 1.